The molecule has 5 nitrogen and oxygen atoms in total. The van der Waals surface area contributed by atoms with Gasteiger partial charge in [0.2, 0.25) is 0 Å². The lowest BCUT2D eigenvalue weighted by Gasteiger charge is -2.30. The van der Waals surface area contributed by atoms with Crippen molar-refractivity contribution in [3.8, 4) is 0 Å². The molecular formula is C11H24N2O3S. The molecule has 1 aliphatic heterocycles. The van der Waals surface area contributed by atoms with Crippen molar-refractivity contribution in [1.82, 2.24) is 10.2 Å². The fourth-order valence-corrected chi connectivity index (χ4v) is 3.22. The van der Waals surface area contributed by atoms with Crippen molar-refractivity contribution in [1.29, 1.82) is 0 Å². The Morgan fingerprint density at radius 2 is 1.82 bits per heavy atom. The van der Waals surface area contributed by atoms with Gasteiger partial charge in [-0.1, -0.05) is 0 Å². The molecule has 0 aromatic rings. The van der Waals surface area contributed by atoms with Gasteiger partial charge in [-0.05, 0) is 13.8 Å². The summed E-state index contributed by atoms with van der Waals surface area (Å²) in [6.07, 6.45) is 1.28. The van der Waals surface area contributed by atoms with E-state index < -0.39 is 9.84 Å². The minimum absolute atomic E-state index is 0.000963. The molecule has 102 valence electrons. The molecule has 1 N–H and O–H groups in total. The van der Waals surface area contributed by atoms with Crippen LogP contribution in [0.3, 0.4) is 0 Å². The molecular weight excluding hydrogens is 240 g/mol. The molecule has 1 saturated heterocycles. The van der Waals surface area contributed by atoms with Gasteiger partial charge in [0, 0.05) is 38.0 Å². The van der Waals surface area contributed by atoms with Gasteiger partial charge in [-0.15, -0.1) is 0 Å². The highest BCUT2D eigenvalue weighted by Gasteiger charge is 2.16. The maximum atomic E-state index is 11.1. The number of nitrogens with zero attached hydrogens (tertiary/aromatic N) is 1. The number of hydrogen-bond acceptors (Lipinski definition) is 5. The summed E-state index contributed by atoms with van der Waals surface area (Å²) in [7, 11) is -2.90. The summed E-state index contributed by atoms with van der Waals surface area (Å²) in [4.78, 5) is 2.34. The average Bonchev–Trinajstić information content (AvgIpc) is 2.15. The molecule has 0 radical (unpaired) electrons. The van der Waals surface area contributed by atoms with E-state index in [1.165, 1.54) is 6.26 Å². The summed E-state index contributed by atoms with van der Waals surface area (Å²) in [5.74, 6) is 0.195. The predicted molar refractivity (Wildman–Crippen MR) is 69.0 cm³/mol. The Kier molecular flexibility index (Phi) is 5.85. The lowest BCUT2D eigenvalue weighted by Crippen LogP contribution is -2.47. The minimum Gasteiger partial charge on any atom is -0.379 e. The standard InChI is InChI=1S/C11H24N2O3S/c1-10(8-13-4-6-16-7-5-13)12-11(2)9-17(3,14)15/h10-12H,4-9H2,1-3H3. The minimum atomic E-state index is -2.90. The molecule has 1 fully saturated rings. The predicted octanol–water partition coefficient (Wildman–Crippen LogP) is -0.270. The van der Waals surface area contributed by atoms with Gasteiger partial charge in [0.25, 0.3) is 0 Å². The van der Waals surface area contributed by atoms with Crippen LogP contribution in [0.1, 0.15) is 13.8 Å². The van der Waals surface area contributed by atoms with Gasteiger partial charge < -0.3 is 10.1 Å². The monoisotopic (exact) mass is 264 g/mol. The SMILES string of the molecule is CC(CN1CCOCC1)NC(C)CS(C)(=O)=O. The smallest absolute Gasteiger partial charge is 0.148 e. The summed E-state index contributed by atoms with van der Waals surface area (Å²) in [5, 5.41) is 3.32. The van der Waals surface area contributed by atoms with Gasteiger partial charge in [0.05, 0.1) is 19.0 Å². The second kappa shape index (κ2) is 6.68. The first kappa shape index (κ1) is 14.9. The zero-order valence-corrected chi connectivity index (χ0v) is 11.8. The van der Waals surface area contributed by atoms with Crippen molar-refractivity contribution in [2.45, 2.75) is 25.9 Å². The van der Waals surface area contributed by atoms with Gasteiger partial charge in [-0.3, -0.25) is 4.90 Å². The van der Waals surface area contributed by atoms with Crippen molar-refractivity contribution in [2.24, 2.45) is 0 Å². The van der Waals surface area contributed by atoms with Crippen molar-refractivity contribution >= 4 is 9.84 Å². The first-order chi connectivity index (χ1) is 7.87. The maximum absolute atomic E-state index is 11.1. The van der Waals surface area contributed by atoms with E-state index in [0.717, 1.165) is 32.8 Å². The highest BCUT2D eigenvalue weighted by molar-refractivity contribution is 7.90. The van der Waals surface area contributed by atoms with Crippen LogP contribution < -0.4 is 5.32 Å². The Hall–Kier alpha value is -0.170. The molecule has 1 aliphatic rings. The van der Waals surface area contributed by atoms with Gasteiger partial charge in [-0.25, -0.2) is 8.42 Å². The van der Waals surface area contributed by atoms with E-state index in [9.17, 15) is 8.42 Å². The second-order valence-electron chi connectivity index (χ2n) is 4.97. The molecule has 1 rings (SSSR count). The molecule has 6 heteroatoms. The van der Waals surface area contributed by atoms with Crippen molar-refractivity contribution in [3.63, 3.8) is 0 Å². The van der Waals surface area contributed by atoms with Crippen LogP contribution in [0, 0.1) is 0 Å². The van der Waals surface area contributed by atoms with Gasteiger partial charge in [0.1, 0.15) is 9.84 Å². The largest absolute Gasteiger partial charge is 0.379 e. The Labute approximate surface area is 104 Å². The normalized spacial score (nSPS) is 22.3. The quantitative estimate of drug-likeness (QED) is 0.716. The van der Waals surface area contributed by atoms with E-state index in [1.54, 1.807) is 0 Å². The number of rotatable bonds is 6. The van der Waals surface area contributed by atoms with Crippen LogP contribution in [-0.4, -0.2) is 70.3 Å². The molecule has 0 spiro atoms. The van der Waals surface area contributed by atoms with Crippen molar-refractivity contribution in [2.75, 3.05) is 44.9 Å². The topological polar surface area (TPSA) is 58.6 Å². The number of nitrogens with one attached hydrogen (secondary N) is 1. The first-order valence-electron chi connectivity index (χ1n) is 6.10. The molecule has 0 aromatic heterocycles. The molecule has 2 atom stereocenters. The van der Waals surface area contributed by atoms with Crippen LogP contribution in [-0.2, 0) is 14.6 Å². The molecule has 0 bridgehead atoms. The molecule has 0 saturated carbocycles. The Morgan fingerprint density at radius 3 is 2.35 bits per heavy atom. The van der Waals surface area contributed by atoms with Crippen LogP contribution in [0.15, 0.2) is 0 Å². The summed E-state index contributed by atoms with van der Waals surface area (Å²) in [6, 6.07) is 0.297. The maximum Gasteiger partial charge on any atom is 0.148 e. The average molecular weight is 264 g/mol. The van der Waals surface area contributed by atoms with Crippen LogP contribution in [0.4, 0.5) is 0 Å². The zero-order valence-electron chi connectivity index (χ0n) is 11.0. The van der Waals surface area contributed by atoms with Crippen LogP contribution in [0.2, 0.25) is 0 Å². The lowest BCUT2D eigenvalue weighted by molar-refractivity contribution is 0.0341. The van der Waals surface area contributed by atoms with E-state index in [0.29, 0.717) is 6.04 Å². The highest BCUT2D eigenvalue weighted by atomic mass is 32.2. The third kappa shape index (κ3) is 6.98. The van der Waals surface area contributed by atoms with E-state index in [-0.39, 0.29) is 11.8 Å². The number of morpholine rings is 1. The molecule has 17 heavy (non-hydrogen) atoms. The van der Waals surface area contributed by atoms with Crippen molar-refractivity contribution in [3.05, 3.63) is 0 Å². The molecule has 0 aliphatic carbocycles. The Balaban J connectivity index is 2.25. The van der Waals surface area contributed by atoms with Crippen LogP contribution >= 0.6 is 0 Å². The summed E-state index contributed by atoms with van der Waals surface area (Å²) >= 11 is 0. The highest BCUT2D eigenvalue weighted by Crippen LogP contribution is 2.00. The van der Waals surface area contributed by atoms with Crippen LogP contribution in [0.25, 0.3) is 0 Å². The molecule has 0 aromatic carbocycles. The number of sulfone groups is 1. The second-order valence-corrected chi connectivity index (χ2v) is 7.16. The van der Waals surface area contributed by atoms with Gasteiger partial charge >= 0.3 is 0 Å². The zero-order chi connectivity index (χ0) is 12.9. The number of hydrogen-bond donors (Lipinski definition) is 1. The fourth-order valence-electron chi connectivity index (χ4n) is 2.21. The van der Waals surface area contributed by atoms with E-state index >= 15 is 0 Å². The third-order valence-electron chi connectivity index (χ3n) is 2.76. The fraction of sp³-hybridized carbons (Fsp3) is 1.00. The lowest BCUT2D eigenvalue weighted by atomic mass is 10.2. The van der Waals surface area contributed by atoms with E-state index in [1.807, 2.05) is 6.92 Å². The Bertz CT molecular complexity index is 313. The Morgan fingerprint density at radius 1 is 1.24 bits per heavy atom. The molecule has 0 amide bonds. The van der Waals surface area contributed by atoms with Crippen molar-refractivity contribution < 1.29 is 13.2 Å². The first-order valence-corrected chi connectivity index (χ1v) is 8.17. The van der Waals surface area contributed by atoms with Gasteiger partial charge in [-0.2, -0.15) is 0 Å². The number of ether oxygens (including phenoxy) is 1. The van der Waals surface area contributed by atoms with E-state index in [2.05, 4.69) is 17.1 Å². The molecule has 2 unspecified atom stereocenters. The van der Waals surface area contributed by atoms with Gasteiger partial charge in [0.15, 0.2) is 0 Å². The van der Waals surface area contributed by atoms with Crippen LogP contribution in [0.5, 0.6) is 0 Å². The summed E-state index contributed by atoms with van der Waals surface area (Å²) in [5.41, 5.74) is 0. The summed E-state index contributed by atoms with van der Waals surface area (Å²) in [6.45, 7) is 8.47. The molecule has 1 heterocycles. The summed E-state index contributed by atoms with van der Waals surface area (Å²) < 4.78 is 27.6. The van der Waals surface area contributed by atoms with E-state index in [4.69, 9.17) is 4.74 Å². The third-order valence-corrected chi connectivity index (χ3v) is 3.86.